The first-order valence-electron chi connectivity index (χ1n) is 29.2. The van der Waals surface area contributed by atoms with Crippen molar-refractivity contribution < 1.29 is 23.0 Å². The van der Waals surface area contributed by atoms with E-state index in [2.05, 4.69) is 22.2 Å². The molecule has 1 heterocycles. The van der Waals surface area contributed by atoms with Crippen LogP contribution in [-0.2, 0) is 16.5 Å². The van der Waals surface area contributed by atoms with Gasteiger partial charge in [-0.2, -0.15) is 8.42 Å². The number of nitrogens with two attached hydrogens (primary N) is 15. The summed E-state index contributed by atoms with van der Waals surface area (Å²) in [6.07, 6.45) is 3.40. The van der Waals surface area contributed by atoms with E-state index in [0.29, 0.717) is 39.8 Å². The molecule has 33 N–H and O–H groups in total. The number of aromatic nitrogens is 2. The molecule has 0 radical (unpaired) electrons. The first-order valence-corrected chi connectivity index (χ1v) is 30.7. The number of fused-ring (bicyclic) bond motifs is 2. The summed E-state index contributed by atoms with van der Waals surface area (Å²) in [5.74, 6) is 0.0370. The summed E-state index contributed by atoms with van der Waals surface area (Å²) in [6.45, 7) is 12.1. The molecule has 0 amide bonds. The Bertz CT molecular complexity index is 4230. The number of hydrogen-bond acceptors (Lipinski definition) is 23. The number of benzene rings is 10. The molecule has 0 fully saturated rings. The average Bonchev–Trinajstić information content (AvgIpc) is 0.806. The van der Waals surface area contributed by atoms with E-state index in [0.717, 1.165) is 96.5 Å². The maximum absolute atomic E-state index is 10.6. The Labute approximate surface area is 553 Å². The number of non-ortho nitro benzene ring substituents is 1. The van der Waals surface area contributed by atoms with E-state index in [1.807, 2.05) is 144 Å². The maximum atomic E-state index is 10.6. The molecular formula is C69H87N19O6S. The molecule has 11 rings (SSSR count). The van der Waals surface area contributed by atoms with E-state index < -0.39 is 15.0 Å². The first-order chi connectivity index (χ1) is 44.7. The molecule has 500 valence electrons. The summed E-state index contributed by atoms with van der Waals surface area (Å²) in [5, 5.41) is 22.3. The number of hydrogen-bond donors (Lipinski definition) is 18. The lowest BCUT2D eigenvalue weighted by Crippen LogP contribution is -2.04. The average molecular weight is 1310 g/mol. The Hall–Kier alpha value is -12.3. The number of nitro groups is 1. The minimum absolute atomic E-state index is 0.0216. The van der Waals surface area contributed by atoms with Gasteiger partial charge in [-0.3, -0.25) is 14.7 Å². The van der Waals surface area contributed by atoms with Gasteiger partial charge in [-0.15, -0.1) is 0 Å². The summed E-state index contributed by atoms with van der Waals surface area (Å²) in [5.41, 5.74) is 103. The minimum atomic E-state index is -4.26. The molecule has 0 saturated carbocycles. The lowest BCUT2D eigenvalue weighted by molar-refractivity contribution is -0.384. The zero-order valence-corrected chi connectivity index (χ0v) is 54.7. The second-order valence-corrected chi connectivity index (χ2v) is 22.7. The number of nitrogen functional groups attached to an aromatic ring is 15. The number of nitrogens with one attached hydrogen (secondary N) is 1. The van der Waals surface area contributed by atoms with Gasteiger partial charge in [0.25, 0.3) is 15.8 Å². The topological polar surface area (TPSA) is 546 Å². The van der Waals surface area contributed by atoms with Crippen LogP contribution in [0.3, 0.4) is 0 Å². The number of rotatable bonds is 7. The van der Waals surface area contributed by atoms with Gasteiger partial charge in [0.2, 0.25) is 0 Å². The van der Waals surface area contributed by atoms with Gasteiger partial charge in [-0.25, -0.2) is 9.97 Å². The van der Waals surface area contributed by atoms with Crippen LogP contribution in [0.4, 0.5) is 102 Å². The van der Waals surface area contributed by atoms with Crippen LogP contribution in [-0.4, -0.2) is 33.0 Å². The van der Waals surface area contributed by atoms with Gasteiger partial charge in [-0.1, -0.05) is 74.0 Å². The monoisotopic (exact) mass is 1310 g/mol. The standard InChI is InChI=1S/C12H10N4.C12H12N2.2C10H16N2.C7H10N2.C6H7N3O2.C6H8N2O3S.C6H8N2O/c13-7-5-11-12(6-8(7)14)16-10-4-2-1-3-9(10)15-11;13-10-6-8-12(9-7-10)14-11-4-2-1-3-5-11;1-5-6(2)10(12)8(4)7(3)9(5)11;1-2-3-5-8-6-4-7-9(11)10(8)12;1-5-3-2-4-6(8)7(5)9;7-5-2-1-4(9(10)11)3-6(5)8;7-4-1-2-5(8)6(3-4)12(9,10)11;7-4-2-1-3-5(9)6(4)8/h1-6H,13-14H2;1-9,14H,13H2;11-12H2,1-4H3;4,6-7H,2-3,5,11-12H2,1H3;2-4H,8-9H2,1H3;1-3H,7-8H2;1-3H,7-8H2,(H,9,10,11);1-3,9H,7-8H2. The van der Waals surface area contributed by atoms with Gasteiger partial charge in [0.1, 0.15) is 10.6 Å². The molecule has 0 aliphatic carbocycles. The van der Waals surface area contributed by atoms with Crippen LogP contribution < -0.4 is 91.3 Å². The van der Waals surface area contributed by atoms with Crippen LogP contribution in [0.5, 0.6) is 5.75 Å². The number of nitrogens with zero attached hydrogens (tertiary/aromatic N) is 3. The van der Waals surface area contributed by atoms with Gasteiger partial charge in [-0.05, 0) is 190 Å². The Morgan fingerprint density at radius 2 is 0.874 bits per heavy atom. The second kappa shape index (κ2) is 35.3. The molecule has 25 nitrogen and oxygen atoms in total. The van der Waals surface area contributed by atoms with E-state index in [4.69, 9.17) is 95.7 Å². The van der Waals surface area contributed by atoms with Crippen LogP contribution in [0.2, 0.25) is 0 Å². The number of unbranched alkanes of at least 4 members (excludes halogenated alkanes) is 1. The molecule has 95 heavy (non-hydrogen) atoms. The van der Waals surface area contributed by atoms with Gasteiger partial charge in [0, 0.05) is 46.3 Å². The van der Waals surface area contributed by atoms with Crippen molar-refractivity contribution in [3.8, 4) is 5.75 Å². The fourth-order valence-electron chi connectivity index (χ4n) is 8.27. The third kappa shape index (κ3) is 22.9. The van der Waals surface area contributed by atoms with Crippen molar-refractivity contribution in [3.63, 3.8) is 0 Å². The van der Waals surface area contributed by atoms with E-state index in [1.165, 1.54) is 54.8 Å². The molecule has 0 atom stereocenters. The van der Waals surface area contributed by atoms with E-state index in [1.54, 1.807) is 30.3 Å². The van der Waals surface area contributed by atoms with Crippen molar-refractivity contribution in [2.45, 2.75) is 65.7 Å². The fraction of sp³-hybridized carbons (Fsp3) is 0.130. The van der Waals surface area contributed by atoms with Crippen LogP contribution in [0, 0.1) is 44.7 Å². The van der Waals surface area contributed by atoms with Crippen LogP contribution in [0.15, 0.2) is 187 Å². The molecule has 0 spiro atoms. The number of nitro benzene ring substituents is 1. The largest absolute Gasteiger partial charge is 0.506 e. The molecule has 0 unspecified atom stereocenters. The SMILES string of the molecule is CCCCc1cccc(N)c1N.Cc1c(C)c(N)c(C)c(C)c1N.Cc1cccc(N)c1N.Nc1cc2nc3ccccc3nc2cc1N.Nc1ccc(N)c(S(=O)(=O)O)c1.Nc1ccc(Nc2ccccc2)cc1.Nc1ccc([N+](=O)[O-])cc1N.Nc1cccc(O)c1N. The molecule has 11 aromatic rings. The van der Waals surface area contributed by atoms with Gasteiger partial charge in [0.05, 0.1) is 89.6 Å². The summed E-state index contributed by atoms with van der Waals surface area (Å²) < 4.78 is 29.9. The normalized spacial score (nSPS) is 10.2. The second-order valence-electron chi connectivity index (χ2n) is 21.3. The Morgan fingerprint density at radius 1 is 0.432 bits per heavy atom. The summed E-state index contributed by atoms with van der Waals surface area (Å²) in [4.78, 5) is 18.3. The fourth-order valence-corrected chi connectivity index (χ4v) is 8.92. The Balaban J connectivity index is 0.000000233. The zero-order chi connectivity index (χ0) is 70.9. The van der Waals surface area contributed by atoms with Crippen LogP contribution >= 0.6 is 0 Å². The summed E-state index contributed by atoms with van der Waals surface area (Å²) in [7, 11) is -4.26. The maximum Gasteiger partial charge on any atom is 0.296 e. The Kier molecular flexibility index (Phi) is 28.0. The lowest BCUT2D eigenvalue weighted by Gasteiger charge is -2.14. The molecular weight excluding hydrogens is 1220 g/mol. The molecule has 1 aromatic heterocycles. The van der Waals surface area contributed by atoms with Crippen molar-refractivity contribution in [1.82, 2.24) is 9.97 Å². The highest BCUT2D eigenvalue weighted by atomic mass is 32.2. The summed E-state index contributed by atoms with van der Waals surface area (Å²) in [6, 6.07) is 53.0. The van der Waals surface area contributed by atoms with E-state index in [-0.39, 0.29) is 39.1 Å². The third-order valence-corrected chi connectivity index (χ3v) is 15.3. The molecule has 10 aromatic carbocycles. The number of phenols is 1. The van der Waals surface area contributed by atoms with E-state index in [9.17, 15) is 18.5 Å². The highest BCUT2D eigenvalue weighted by molar-refractivity contribution is 7.86. The smallest absolute Gasteiger partial charge is 0.296 e. The quantitative estimate of drug-likeness (QED) is 0.0176. The van der Waals surface area contributed by atoms with Crippen LogP contribution in [0.1, 0.15) is 53.1 Å². The number of phenolic OH excluding ortho intramolecular Hbond substituents is 1. The minimum Gasteiger partial charge on any atom is -0.506 e. The number of anilines is 17. The van der Waals surface area contributed by atoms with Crippen molar-refractivity contribution in [3.05, 3.63) is 225 Å². The molecule has 0 aliphatic rings. The number of aryl methyl sites for hydroxylation is 2. The molecule has 0 saturated heterocycles. The number of para-hydroxylation sites is 6. The molecule has 0 aliphatic heterocycles. The van der Waals surface area contributed by atoms with Gasteiger partial charge >= 0.3 is 0 Å². The summed E-state index contributed by atoms with van der Waals surface area (Å²) >= 11 is 0. The molecule has 26 heteroatoms. The van der Waals surface area contributed by atoms with Crippen molar-refractivity contribution in [2.24, 2.45) is 0 Å². The van der Waals surface area contributed by atoms with Crippen molar-refractivity contribution in [2.75, 3.05) is 91.3 Å². The van der Waals surface area contributed by atoms with Crippen molar-refractivity contribution >= 4 is 135 Å². The predicted molar refractivity (Wildman–Crippen MR) is 398 cm³/mol. The highest BCUT2D eigenvalue weighted by Gasteiger charge is 2.14. The van der Waals surface area contributed by atoms with Gasteiger partial charge in [0.15, 0.2) is 0 Å². The lowest BCUT2D eigenvalue weighted by atomic mass is 9.97. The van der Waals surface area contributed by atoms with Crippen LogP contribution in [0.25, 0.3) is 22.1 Å². The number of aromatic hydroxyl groups is 1. The molecule has 0 bridgehead atoms. The van der Waals surface area contributed by atoms with Crippen molar-refractivity contribution in [1.29, 1.82) is 0 Å². The first kappa shape index (κ1) is 75.2. The van der Waals surface area contributed by atoms with Gasteiger partial charge < -0.3 is 96.4 Å². The predicted octanol–water partition coefficient (Wildman–Crippen LogP) is 11.8. The third-order valence-electron chi connectivity index (χ3n) is 14.4. The Morgan fingerprint density at radius 3 is 1.32 bits per heavy atom. The van der Waals surface area contributed by atoms with E-state index >= 15 is 0 Å². The highest BCUT2D eigenvalue weighted by Crippen LogP contribution is 2.31. The zero-order valence-electron chi connectivity index (χ0n) is 53.9.